The Morgan fingerprint density at radius 2 is 2.30 bits per heavy atom. The zero-order chi connectivity index (χ0) is 6.97. The number of imidazole rings is 1. The van der Waals surface area contributed by atoms with Crippen LogP contribution in [0, 0.1) is 6.92 Å². The van der Waals surface area contributed by atoms with Crippen LogP contribution in [-0.2, 0) is 0 Å². The molecule has 1 radical (unpaired) electrons. The van der Waals surface area contributed by atoms with Crippen molar-refractivity contribution in [2.24, 2.45) is 0 Å². The van der Waals surface area contributed by atoms with Gasteiger partial charge in [-0.05, 0) is 19.1 Å². The lowest BCUT2D eigenvalue weighted by Crippen LogP contribution is -1.77. The Hall–Kier alpha value is -1.31. The summed E-state index contributed by atoms with van der Waals surface area (Å²) in [5.41, 5.74) is 1.76. The molecule has 0 aliphatic rings. The summed E-state index contributed by atoms with van der Waals surface area (Å²) in [6.07, 6.45) is 3.85. The summed E-state index contributed by atoms with van der Waals surface area (Å²) in [5.74, 6) is 0. The van der Waals surface area contributed by atoms with Gasteiger partial charge in [0.2, 0.25) is 0 Å². The Balaban J connectivity index is 2.88. The van der Waals surface area contributed by atoms with Gasteiger partial charge in [0.15, 0.2) is 0 Å². The lowest BCUT2D eigenvalue weighted by Gasteiger charge is -1.86. The minimum absolute atomic E-state index is 0.811. The minimum Gasteiger partial charge on any atom is -0.307 e. The van der Waals surface area contributed by atoms with Gasteiger partial charge in [0.25, 0.3) is 0 Å². The van der Waals surface area contributed by atoms with E-state index in [-0.39, 0.29) is 0 Å². The normalized spacial score (nSPS) is 10.5. The molecule has 0 unspecified atom stereocenters. The standard InChI is InChI=1S/C8H7N2/c1-7-6-10-5-3-2-4-8(10)9-7/h2-6H,1H2. The summed E-state index contributed by atoms with van der Waals surface area (Å²) < 4.78 is 1.95. The summed E-state index contributed by atoms with van der Waals surface area (Å²) in [6, 6.07) is 5.88. The van der Waals surface area contributed by atoms with Gasteiger partial charge in [-0.1, -0.05) is 6.07 Å². The van der Waals surface area contributed by atoms with Gasteiger partial charge in [-0.2, -0.15) is 0 Å². The van der Waals surface area contributed by atoms with E-state index in [0.717, 1.165) is 11.3 Å². The Morgan fingerprint density at radius 3 is 3.10 bits per heavy atom. The van der Waals surface area contributed by atoms with Gasteiger partial charge in [0.05, 0.1) is 5.69 Å². The zero-order valence-corrected chi connectivity index (χ0v) is 5.49. The summed E-state index contributed by atoms with van der Waals surface area (Å²) in [7, 11) is 0. The first kappa shape index (κ1) is 5.47. The van der Waals surface area contributed by atoms with Crippen molar-refractivity contribution in [2.45, 2.75) is 0 Å². The molecule has 2 rings (SSSR count). The molecule has 0 saturated heterocycles. The zero-order valence-electron chi connectivity index (χ0n) is 5.49. The molecular weight excluding hydrogens is 124 g/mol. The molecule has 2 heteroatoms. The predicted octanol–water partition coefficient (Wildman–Crippen LogP) is 1.52. The molecule has 2 heterocycles. The molecule has 0 fully saturated rings. The van der Waals surface area contributed by atoms with Gasteiger partial charge >= 0.3 is 0 Å². The number of hydrogen-bond acceptors (Lipinski definition) is 1. The molecule has 2 aromatic rings. The lowest BCUT2D eigenvalue weighted by molar-refractivity contribution is 1.19. The van der Waals surface area contributed by atoms with Gasteiger partial charge in [-0.25, -0.2) is 4.98 Å². The fourth-order valence-electron chi connectivity index (χ4n) is 0.987. The molecule has 0 aliphatic carbocycles. The van der Waals surface area contributed by atoms with Crippen molar-refractivity contribution < 1.29 is 0 Å². The van der Waals surface area contributed by atoms with Gasteiger partial charge in [-0.3, -0.25) is 0 Å². The fraction of sp³-hybridized carbons (Fsp3) is 0. The molecule has 49 valence electrons. The molecule has 2 aromatic heterocycles. The van der Waals surface area contributed by atoms with Crippen LogP contribution in [-0.4, -0.2) is 9.38 Å². The third-order valence-electron chi connectivity index (χ3n) is 1.41. The first-order valence-corrected chi connectivity index (χ1v) is 3.12. The molecule has 0 amide bonds. The van der Waals surface area contributed by atoms with E-state index >= 15 is 0 Å². The van der Waals surface area contributed by atoms with E-state index in [2.05, 4.69) is 11.9 Å². The van der Waals surface area contributed by atoms with Crippen LogP contribution in [0.3, 0.4) is 0 Å². The second-order valence-corrected chi connectivity index (χ2v) is 2.20. The number of pyridine rings is 1. The van der Waals surface area contributed by atoms with Gasteiger partial charge < -0.3 is 4.40 Å². The largest absolute Gasteiger partial charge is 0.307 e. The number of aromatic nitrogens is 2. The highest BCUT2D eigenvalue weighted by Crippen LogP contribution is 2.01. The van der Waals surface area contributed by atoms with Crippen molar-refractivity contribution in [1.82, 2.24) is 9.38 Å². The summed E-state index contributed by atoms with van der Waals surface area (Å²) in [5, 5.41) is 0. The maximum Gasteiger partial charge on any atom is 0.136 e. The number of fused-ring (bicyclic) bond motifs is 1. The molecule has 10 heavy (non-hydrogen) atoms. The Morgan fingerprint density at radius 1 is 1.40 bits per heavy atom. The van der Waals surface area contributed by atoms with E-state index < -0.39 is 0 Å². The monoisotopic (exact) mass is 131 g/mol. The van der Waals surface area contributed by atoms with E-state index in [0.29, 0.717) is 0 Å². The maximum atomic E-state index is 4.16. The molecule has 0 spiro atoms. The SMILES string of the molecule is [CH2]c1cn2ccccc2n1. The van der Waals surface area contributed by atoms with Crippen molar-refractivity contribution in [3.8, 4) is 0 Å². The quantitative estimate of drug-likeness (QED) is 0.529. The minimum atomic E-state index is 0.811. The predicted molar refractivity (Wildman–Crippen MR) is 39.7 cm³/mol. The second kappa shape index (κ2) is 1.84. The van der Waals surface area contributed by atoms with Crippen molar-refractivity contribution in [3.05, 3.63) is 43.2 Å². The number of rotatable bonds is 0. The first-order chi connectivity index (χ1) is 4.86. The summed E-state index contributed by atoms with van der Waals surface area (Å²) >= 11 is 0. The second-order valence-electron chi connectivity index (χ2n) is 2.20. The van der Waals surface area contributed by atoms with Crippen LogP contribution in [0.5, 0.6) is 0 Å². The van der Waals surface area contributed by atoms with Crippen LogP contribution in [0.2, 0.25) is 0 Å². The third-order valence-corrected chi connectivity index (χ3v) is 1.41. The van der Waals surface area contributed by atoms with Crippen LogP contribution >= 0.6 is 0 Å². The Labute approximate surface area is 59.1 Å². The van der Waals surface area contributed by atoms with Gasteiger partial charge in [-0.15, -0.1) is 0 Å². The van der Waals surface area contributed by atoms with Crippen molar-refractivity contribution in [1.29, 1.82) is 0 Å². The topological polar surface area (TPSA) is 17.3 Å². The number of nitrogens with zero attached hydrogens (tertiary/aromatic N) is 2. The molecule has 0 aromatic carbocycles. The maximum absolute atomic E-state index is 4.16. The Kier molecular flexibility index (Phi) is 1.01. The lowest BCUT2D eigenvalue weighted by atomic mass is 10.5. The van der Waals surface area contributed by atoms with Crippen LogP contribution in [0.1, 0.15) is 5.69 Å². The first-order valence-electron chi connectivity index (χ1n) is 3.12. The Bertz CT molecular complexity index is 316. The average Bonchev–Trinajstić information content (AvgIpc) is 2.27. The molecule has 0 aliphatic heterocycles. The van der Waals surface area contributed by atoms with Crippen molar-refractivity contribution in [2.75, 3.05) is 0 Å². The van der Waals surface area contributed by atoms with E-state index in [1.807, 2.05) is 35.0 Å². The number of hydrogen-bond donors (Lipinski definition) is 0. The highest BCUT2D eigenvalue weighted by atomic mass is 15.0. The fourth-order valence-corrected chi connectivity index (χ4v) is 0.987. The van der Waals surface area contributed by atoms with E-state index in [1.165, 1.54) is 0 Å². The van der Waals surface area contributed by atoms with E-state index in [1.54, 1.807) is 0 Å². The molecule has 2 nitrogen and oxygen atoms in total. The van der Waals surface area contributed by atoms with Crippen LogP contribution < -0.4 is 0 Å². The molecular formula is C8H7N2. The van der Waals surface area contributed by atoms with E-state index in [9.17, 15) is 0 Å². The van der Waals surface area contributed by atoms with Gasteiger partial charge in [0, 0.05) is 12.4 Å². The molecule has 0 bridgehead atoms. The average molecular weight is 131 g/mol. The molecule has 0 N–H and O–H groups in total. The van der Waals surface area contributed by atoms with Crippen LogP contribution in [0.15, 0.2) is 30.6 Å². The summed E-state index contributed by atoms with van der Waals surface area (Å²) in [4.78, 5) is 4.16. The third kappa shape index (κ3) is 0.692. The molecule has 0 saturated carbocycles. The highest BCUT2D eigenvalue weighted by molar-refractivity contribution is 5.39. The smallest absolute Gasteiger partial charge is 0.136 e. The van der Waals surface area contributed by atoms with Crippen molar-refractivity contribution >= 4 is 5.65 Å². The molecule has 0 atom stereocenters. The summed E-state index contributed by atoms with van der Waals surface area (Å²) in [6.45, 7) is 3.73. The van der Waals surface area contributed by atoms with Crippen LogP contribution in [0.4, 0.5) is 0 Å². The van der Waals surface area contributed by atoms with Crippen molar-refractivity contribution in [3.63, 3.8) is 0 Å². The van der Waals surface area contributed by atoms with Gasteiger partial charge in [0.1, 0.15) is 5.65 Å². The van der Waals surface area contributed by atoms with Crippen LogP contribution in [0.25, 0.3) is 5.65 Å². The van der Waals surface area contributed by atoms with E-state index in [4.69, 9.17) is 0 Å². The highest BCUT2D eigenvalue weighted by Gasteiger charge is 1.92.